The van der Waals surface area contributed by atoms with Gasteiger partial charge in [-0.1, -0.05) is 11.3 Å². The summed E-state index contributed by atoms with van der Waals surface area (Å²) in [4.78, 5) is 11.7. The van der Waals surface area contributed by atoms with E-state index in [1.165, 1.54) is 18.3 Å². The van der Waals surface area contributed by atoms with Crippen LogP contribution in [-0.4, -0.2) is 10.5 Å². The second-order valence-electron chi connectivity index (χ2n) is 3.44. The Hall–Kier alpha value is -1.82. The van der Waals surface area contributed by atoms with Gasteiger partial charge in [-0.3, -0.25) is 4.79 Å². The molecule has 0 radical (unpaired) electrons. The van der Waals surface area contributed by atoms with E-state index in [4.69, 9.17) is 5.84 Å². The quantitative estimate of drug-likeness (QED) is 0.572. The van der Waals surface area contributed by atoms with Crippen molar-refractivity contribution in [1.29, 1.82) is 0 Å². The van der Waals surface area contributed by atoms with E-state index in [1.807, 2.05) is 29.8 Å². The molecule has 0 aliphatic carbocycles. The Morgan fingerprint density at radius 1 is 1.56 bits per heavy atom. The van der Waals surface area contributed by atoms with Gasteiger partial charge in [0.2, 0.25) is 10.7 Å². The maximum absolute atomic E-state index is 10.9. The third-order valence-electron chi connectivity index (χ3n) is 2.24. The van der Waals surface area contributed by atoms with Crippen molar-refractivity contribution in [1.82, 2.24) is 4.57 Å². The Morgan fingerprint density at radius 3 is 2.94 bits per heavy atom. The van der Waals surface area contributed by atoms with Crippen LogP contribution in [0.1, 0.15) is 6.92 Å². The predicted molar refractivity (Wildman–Crippen MR) is 64.9 cm³/mol. The van der Waals surface area contributed by atoms with Gasteiger partial charge in [0.05, 0.1) is 10.2 Å². The highest BCUT2D eigenvalue weighted by Gasteiger charge is 2.04. The first-order valence-electron chi connectivity index (χ1n) is 4.73. The van der Waals surface area contributed by atoms with E-state index in [2.05, 4.69) is 10.4 Å². The van der Waals surface area contributed by atoms with E-state index in [-0.39, 0.29) is 5.91 Å². The molecule has 0 saturated heterocycles. The van der Waals surface area contributed by atoms with E-state index in [0.717, 1.165) is 20.7 Å². The molecule has 0 bridgehead atoms. The van der Waals surface area contributed by atoms with Gasteiger partial charge < -0.3 is 15.7 Å². The molecule has 0 spiro atoms. The summed E-state index contributed by atoms with van der Waals surface area (Å²) in [6, 6.07) is 5.71. The molecule has 2 aromatic rings. The normalized spacial score (nSPS) is 12.0. The van der Waals surface area contributed by atoms with Gasteiger partial charge in [-0.15, -0.1) is 0 Å². The maximum Gasteiger partial charge on any atom is 0.221 e. The first kappa shape index (κ1) is 10.7. The van der Waals surface area contributed by atoms with Gasteiger partial charge in [-0.25, -0.2) is 0 Å². The number of hydrogen-bond donors (Lipinski definition) is 2. The van der Waals surface area contributed by atoms with E-state index < -0.39 is 0 Å². The lowest BCUT2D eigenvalue weighted by Gasteiger charge is -2.01. The molecule has 84 valence electrons. The van der Waals surface area contributed by atoms with Crippen molar-refractivity contribution >= 4 is 33.1 Å². The first-order chi connectivity index (χ1) is 7.61. The Bertz CT molecular complexity index is 611. The molecular formula is C10H12N4OS. The number of rotatable bonds is 1. The Labute approximate surface area is 96.2 Å². The lowest BCUT2D eigenvalue weighted by Crippen LogP contribution is -2.12. The highest BCUT2D eigenvalue weighted by Crippen LogP contribution is 2.21. The lowest BCUT2D eigenvalue weighted by atomic mass is 10.3. The molecule has 0 atom stereocenters. The molecule has 6 heteroatoms. The number of nitrogens with one attached hydrogen (secondary N) is 1. The van der Waals surface area contributed by atoms with Crippen LogP contribution in [0.15, 0.2) is 23.3 Å². The summed E-state index contributed by atoms with van der Waals surface area (Å²) in [5.74, 6) is 5.20. The molecule has 0 saturated carbocycles. The molecule has 0 aliphatic heterocycles. The highest BCUT2D eigenvalue weighted by atomic mass is 32.1. The van der Waals surface area contributed by atoms with Crippen LogP contribution < -0.4 is 16.0 Å². The average molecular weight is 236 g/mol. The van der Waals surface area contributed by atoms with Crippen LogP contribution in [0.2, 0.25) is 0 Å². The van der Waals surface area contributed by atoms with E-state index in [9.17, 15) is 4.79 Å². The summed E-state index contributed by atoms with van der Waals surface area (Å²) >= 11 is 1.49. The standard InChI is InChI=1S/C10H12N4OS/c1-6(15)12-7-3-4-8-9(5-7)16-10(13-11)14(8)2/h3-5H,11H2,1-2H3,(H,12,15)/b13-10+. The number of anilines is 1. The van der Waals surface area contributed by atoms with E-state index in [1.54, 1.807) is 0 Å². The van der Waals surface area contributed by atoms with Crippen LogP contribution >= 0.6 is 11.3 Å². The number of hydrogen-bond acceptors (Lipinski definition) is 4. The summed E-state index contributed by atoms with van der Waals surface area (Å²) in [6.07, 6.45) is 0. The Kier molecular flexibility index (Phi) is 2.66. The molecule has 0 aliphatic rings. The number of amides is 1. The monoisotopic (exact) mass is 236 g/mol. The van der Waals surface area contributed by atoms with Crippen molar-refractivity contribution in [3.05, 3.63) is 23.0 Å². The van der Waals surface area contributed by atoms with E-state index in [0.29, 0.717) is 0 Å². The predicted octanol–water partition coefficient (Wildman–Crippen LogP) is 0.973. The van der Waals surface area contributed by atoms with Crippen LogP contribution in [0.4, 0.5) is 5.69 Å². The van der Waals surface area contributed by atoms with Crippen LogP contribution in [0.3, 0.4) is 0 Å². The third-order valence-corrected chi connectivity index (χ3v) is 3.35. The van der Waals surface area contributed by atoms with Crippen LogP contribution in [0.5, 0.6) is 0 Å². The molecule has 16 heavy (non-hydrogen) atoms. The third kappa shape index (κ3) is 1.79. The van der Waals surface area contributed by atoms with Crippen molar-refractivity contribution < 1.29 is 4.79 Å². The van der Waals surface area contributed by atoms with Gasteiger partial charge in [0.25, 0.3) is 0 Å². The van der Waals surface area contributed by atoms with Crippen LogP contribution in [0.25, 0.3) is 10.2 Å². The fourth-order valence-corrected chi connectivity index (χ4v) is 2.52. The minimum Gasteiger partial charge on any atom is -0.326 e. The SMILES string of the molecule is CC(=O)Nc1ccc2c(c1)s/c(=N/N)n2C. The average Bonchev–Trinajstić information content (AvgIpc) is 2.54. The van der Waals surface area contributed by atoms with Gasteiger partial charge in [0.1, 0.15) is 0 Å². The zero-order valence-corrected chi connectivity index (χ0v) is 9.84. The molecule has 0 fully saturated rings. The largest absolute Gasteiger partial charge is 0.326 e. The van der Waals surface area contributed by atoms with Gasteiger partial charge in [0.15, 0.2) is 0 Å². The molecule has 1 aromatic heterocycles. The molecule has 1 aromatic carbocycles. The van der Waals surface area contributed by atoms with Crippen molar-refractivity contribution in [3.63, 3.8) is 0 Å². The van der Waals surface area contributed by atoms with Gasteiger partial charge >= 0.3 is 0 Å². The number of nitrogens with two attached hydrogens (primary N) is 1. The fourth-order valence-electron chi connectivity index (χ4n) is 1.54. The molecule has 0 unspecified atom stereocenters. The van der Waals surface area contributed by atoms with Gasteiger partial charge in [0, 0.05) is 19.7 Å². The summed E-state index contributed by atoms with van der Waals surface area (Å²) in [7, 11) is 1.91. The minimum absolute atomic E-state index is 0.0796. The fraction of sp³-hybridized carbons (Fsp3) is 0.200. The molecule has 1 amide bonds. The van der Waals surface area contributed by atoms with Crippen molar-refractivity contribution in [3.8, 4) is 0 Å². The molecule has 1 heterocycles. The second-order valence-corrected chi connectivity index (χ2v) is 4.45. The highest BCUT2D eigenvalue weighted by molar-refractivity contribution is 7.16. The minimum atomic E-state index is -0.0796. The summed E-state index contributed by atoms with van der Waals surface area (Å²) in [5, 5.41) is 6.43. The number of benzene rings is 1. The number of aryl methyl sites for hydroxylation is 1. The first-order valence-corrected chi connectivity index (χ1v) is 5.54. The number of carbonyl (C=O) groups is 1. The van der Waals surface area contributed by atoms with Gasteiger partial charge in [-0.05, 0) is 18.2 Å². The van der Waals surface area contributed by atoms with Crippen molar-refractivity contribution in [2.24, 2.45) is 18.0 Å². The smallest absolute Gasteiger partial charge is 0.221 e. The Morgan fingerprint density at radius 2 is 2.31 bits per heavy atom. The number of fused-ring (bicyclic) bond motifs is 1. The topological polar surface area (TPSA) is 72.4 Å². The number of thiazole rings is 1. The van der Waals surface area contributed by atoms with Gasteiger partial charge in [-0.2, -0.15) is 5.10 Å². The molecule has 3 N–H and O–H groups in total. The zero-order valence-electron chi connectivity index (χ0n) is 9.02. The van der Waals surface area contributed by atoms with E-state index >= 15 is 0 Å². The number of carbonyl (C=O) groups excluding carboxylic acids is 1. The zero-order chi connectivity index (χ0) is 11.7. The summed E-state index contributed by atoms with van der Waals surface area (Å²) in [6.45, 7) is 1.49. The lowest BCUT2D eigenvalue weighted by molar-refractivity contribution is -0.114. The Balaban J connectivity index is 2.59. The summed E-state index contributed by atoms with van der Waals surface area (Å²) in [5.41, 5.74) is 1.83. The molecular weight excluding hydrogens is 224 g/mol. The van der Waals surface area contributed by atoms with Crippen molar-refractivity contribution in [2.45, 2.75) is 6.92 Å². The summed E-state index contributed by atoms with van der Waals surface area (Å²) < 4.78 is 2.95. The van der Waals surface area contributed by atoms with Crippen LogP contribution in [0, 0.1) is 0 Å². The second kappa shape index (κ2) is 3.97. The number of nitrogens with zero attached hydrogens (tertiary/aromatic N) is 2. The maximum atomic E-state index is 10.9. The molecule has 2 rings (SSSR count). The van der Waals surface area contributed by atoms with Crippen LogP contribution in [-0.2, 0) is 11.8 Å². The number of aromatic nitrogens is 1. The molecule has 5 nitrogen and oxygen atoms in total. The van der Waals surface area contributed by atoms with Crippen molar-refractivity contribution in [2.75, 3.05) is 5.32 Å².